The fourth-order valence-electron chi connectivity index (χ4n) is 2.28. The first-order chi connectivity index (χ1) is 12.0. The number of benzene rings is 2. The monoisotopic (exact) mass is 346 g/mol. The zero-order valence-electron chi connectivity index (χ0n) is 13.9. The highest BCUT2D eigenvalue weighted by Gasteiger charge is 2.15. The molecule has 0 aromatic heterocycles. The van der Waals surface area contributed by atoms with Gasteiger partial charge in [0.05, 0.1) is 0 Å². The maximum absolute atomic E-state index is 13.6. The van der Waals surface area contributed by atoms with Gasteiger partial charge < -0.3 is 10.6 Å². The van der Waals surface area contributed by atoms with Crippen molar-refractivity contribution in [1.82, 2.24) is 5.32 Å². The molecule has 0 saturated heterocycles. The van der Waals surface area contributed by atoms with Crippen molar-refractivity contribution in [2.75, 3.05) is 11.9 Å². The minimum atomic E-state index is -0.863. The summed E-state index contributed by atoms with van der Waals surface area (Å²) in [4.78, 5) is 24.3. The van der Waals surface area contributed by atoms with Crippen LogP contribution in [-0.2, 0) is 0 Å². The van der Waals surface area contributed by atoms with E-state index in [9.17, 15) is 18.4 Å². The van der Waals surface area contributed by atoms with Gasteiger partial charge in [-0.3, -0.25) is 9.59 Å². The van der Waals surface area contributed by atoms with Gasteiger partial charge in [-0.25, -0.2) is 8.78 Å². The number of unbranched alkanes of at least 4 members (excludes halogenated alkanes) is 2. The number of amides is 2. The molecule has 0 fully saturated rings. The lowest BCUT2D eigenvalue weighted by Crippen LogP contribution is -2.25. The number of nitrogens with one attached hydrogen (secondary N) is 2. The Morgan fingerprint density at radius 1 is 0.920 bits per heavy atom. The smallest absolute Gasteiger partial charge is 0.255 e. The van der Waals surface area contributed by atoms with Crippen LogP contribution in [0.1, 0.15) is 46.9 Å². The normalized spacial score (nSPS) is 10.4. The molecule has 2 aromatic rings. The van der Waals surface area contributed by atoms with Crippen molar-refractivity contribution >= 4 is 17.5 Å². The number of hydrogen-bond donors (Lipinski definition) is 2. The van der Waals surface area contributed by atoms with Gasteiger partial charge in [0.15, 0.2) is 0 Å². The molecule has 0 unspecified atom stereocenters. The molecule has 0 aliphatic carbocycles. The molecule has 2 rings (SSSR count). The molecule has 2 aromatic carbocycles. The topological polar surface area (TPSA) is 58.2 Å². The molecule has 0 aliphatic heterocycles. The van der Waals surface area contributed by atoms with Crippen LogP contribution in [0.4, 0.5) is 14.5 Å². The van der Waals surface area contributed by atoms with Crippen LogP contribution in [0, 0.1) is 11.6 Å². The average molecular weight is 346 g/mol. The molecule has 2 amide bonds. The molecule has 0 saturated carbocycles. The lowest BCUT2D eigenvalue weighted by atomic mass is 10.1. The second kappa shape index (κ2) is 8.92. The molecular weight excluding hydrogens is 326 g/mol. The van der Waals surface area contributed by atoms with Crippen LogP contribution >= 0.6 is 0 Å². The van der Waals surface area contributed by atoms with E-state index in [0.29, 0.717) is 12.1 Å². The second-order valence-electron chi connectivity index (χ2n) is 5.59. The van der Waals surface area contributed by atoms with E-state index in [2.05, 4.69) is 17.6 Å². The largest absolute Gasteiger partial charge is 0.352 e. The molecular formula is C19H20F2N2O2. The van der Waals surface area contributed by atoms with Gasteiger partial charge in [0.1, 0.15) is 17.3 Å². The highest BCUT2D eigenvalue weighted by Crippen LogP contribution is 2.19. The molecule has 2 N–H and O–H groups in total. The average Bonchev–Trinajstić information content (AvgIpc) is 2.61. The first-order valence-electron chi connectivity index (χ1n) is 8.16. The molecule has 6 heteroatoms. The molecule has 4 nitrogen and oxygen atoms in total. The summed E-state index contributed by atoms with van der Waals surface area (Å²) in [6.07, 6.45) is 2.96. The lowest BCUT2D eigenvalue weighted by molar-refractivity contribution is 0.0953. The highest BCUT2D eigenvalue weighted by molar-refractivity contribution is 6.06. The van der Waals surface area contributed by atoms with Gasteiger partial charge in [0.2, 0.25) is 0 Å². The van der Waals surface area contributed by atoms with E-state index < -0.39 is 23.2 Å². The van der Waals surface area contributed by atoms with Crippen LogP contribution in [0.15, 0.2) is 42.5 Å². The summed E-state index contributed by atoms with van der Waals surface area (Å²) < 4.78 is 27.2. The molecule has 132 valence electrons. The number of rotatable bonds is 7. The Morgan fingerprint density at radius 2 is 1.52 bits per heavy atom. The number of hydrogen-bond acceptors (Lipinski definition) is 2. The highest BCUT2D eigenvalue weighted by atomic mass is 19.1. The molecule has 0 radical (unpaired) electrons. The van der Waals surface area contributed by atoms with E-state index in [1.165, 1.54) is 18.2 Å². The molecule has 0 spiro atoms. The summed E-state index contributed by atoms with van der Waals surface area (Å²) in [5.41, 5.74) is -0.0519. The van der Waals surface area contributed by atoms with E-state index >= 15 is 0 Å². The van der Waals surface area contributed by atoms with Gasteiger partial charge in [-0.2, -0.15) is 0 Å². The Balaban J connectivity index is 2.07. The molecule has 0 atom stereocenters. The van der Waals surface area contributed by atoms with Crippen molar-refractivity contribution in [2.24, 2.45) is 0 Å². The van der Waals surface area contributed by atoms with E-state index in [-0.39, 0.29) is 11.5 Å². The zero-order chi connectivity index (χ0) is 18.2. The van der Waals surface area contributed by atoms with Gasteiger partial charge in [-0.1, -0.05) is 31.9 Å². The number of halogens is 2. The van der Waals surface area contributed by atoms with Crippen LogP contribution in [0.5, 0.6) is 0 Å². The SMILES string of the molecule is CCCCCNC(=O)c1cccc(C(=O)Nc2c(F)cccc2F)c1. The standard InChI is InChI=1S/C19H20F2N2O2/c1-2-3-4-11-22-18(24)13-7-5-8-14(12-13)19(25)23-17-15(20)9-6-10-16(17)21/h5-10,12H,2-4,11H2,1H3,(H,22,24)(H,23,25). The second-order valence-corrected chi connectivity index (χ2v) is 5.59. The van der Waals surface area contributed by atoms with Crippen LogP contribution < -0.4 is 10.6 Å². The van der Waals surface area contributed by atoms with E-state index in [1.54, 1.807) is 12.1 Å². The summed E-state index contributed by atoms with van der Waals surface area (Å²) in [7, 11) is 0. The van der Waals surface area contributed by atoms with Crippen molar-refractivity contribution in [3.63, 3.8) is 0 Å². The zero-order valence-corrected chi connectivity index (χ0v) is 13.9. The molecule has 0 heterocycles. The van der Waals surface area contributed by atoms with E-state index in [1.807, 2.05) is 0 Å². The molecule has 0 aliphatic rings. The Morgan fingerprint density at radius 3 is 2.16 bits per heavy atom. The lowest BCUT2D eigenvalue weighted by Gasteiger charge is -2.09. The predicted molar refractivity (Wildman–Crippen MR) is 92.6 cm³/mol. The van der Waals surface area contributed by atoms with Gasteiger partial charge in [-0.05, 0) is 36.8 Å². The third-order valence-corrected chi connectivity index (χ3v) is 3.65. The van der Waals surface area contributed by atoms with Gasteiger partial charge in [0, 0.05) is 17.7 Å². The molecule has 25 heavy (non-hydrogen) atoms. The Labute approximate surface area is 145 Å². The fraction of sp³-hybridized carbons (Fsp3) is 0.263. The number of para-hydroxylation sites is 1. The number of carbonyl (C=O) groups is 2. The van der Waals surface area contributed by atoms with Crippen LogP contribution in [0.2, 0.25) is 0 Å². The number of anilines is 1. The number of carbonyl (C=O) groups excluding carboxylic acids is 2. The quantitative estimate of drug-likeness (QED) is 0.741. The fourth-order valence-corrected chi connectivity index (χ4v) is 2.28. The van der Waals surface area contributed by atoms with Crippen molar-refractivity contribution < 1.29 is 18.4 Å². The third kappa shape index (κ3) is 5.11. The maximum Gasteiger partial charge on any atom is 0.255 e. The van der Waals surface area contributed by atoms with Crippen molar-refractivity contribution in [2.45, 2.75) is 26.2 Å². The van der Waals surface area contributed by atoms with Gasteiger partial charge in [-0.15, -0.1) is 0 Å². The van der Waals surface area contributed by atoms with Crippen LogP contribution in [-0.4, -0.2) is 18.4 Å². The summed E-state index contributed by atoms with van der Waals surface area (Å²) in [5.74, 6) is -2.70. The van der Waals surface area contributed by atoms with Crippen molar-refractivity contribution in [3.8, 4) is 0 Å². The summed E-state index contributed by atoms with van der Waals surface area (Å²) in [5, 5.41) is 4.98. The third-order valence-electron chi connectivity index (χ3n) is 3.65. The van der Waals surface area contributed by atoms with E-state index in [0.717, 1.165) is 31.4 Å². The molecule has 0 bridgehead atoms. The minimum Gasteiger partial charge on any atom is -0.352 e. The van der Waals surface area contributed by atoms with E-state index in [4.69, 9.17) is 0 Å². The summed E-state index contributed by atoms with van der Waals surface area (Å²) in [6.45, 7) is 2.63. The summed E-state index contributed by atoms with van der Waals surface area (Å²) >= 11 is 0. The maximum atomic E-state index is 13.6. The Kier molecular flexibility index (Phi) is 6.62. The summed E-state index contributed by atoms with van der Waals surface area (Å²) in [6, 6.07) is 9.32. The Bertz CT molecular complexity index is 743. The van der Waals surface area contributed by atoms with Crippen molar-refractivity contribution in [3.05, 3.63) is 65.2 Å². The first-order valence-corrected chi connectivity index (χ1v) is 8.16. The van der Waals surface area contributed by atoms with Gasteiger partial charge >= 0.3 is 0 Å². The minimum absolute atomic E-state index is 0.142. The van der Waals surface area contributed by atoms with Crippen LogP contribution in [0.25, 0.3) is 0 Å². The van der Waals surface area contributed by atoms with Crippen LogP contribution in [0.3, 0.4) is 0 Å². The Hall–Kier alpha value is -2.76. The first kappa shape index (κ1) is 18.6. The van der Waals surface area contributed by atoms with Crippen molar-refractivity contribution in [1.29, 1.82) is 0 Å². The van der Waals surface area contributed by atoms with Gasteiger partial charge in [0.25, 0.3) is 11.8 Å². The predicted octanol–water partition coefficient (Wildman–Crippen LogP) is 4.14.